The molecule has 1 aliphatic carbocycles. The molecule has 1 heterocycles. The van der Waals surface area contributed by atoms with Crippen LogP contribution in [0.3, 0.4) is 0 Å². The van der Waals surface area contributed by atoms with Gasteiger partial charge < -0.3 is 4.74 Å². The molecular formula is C25H13N3O. The quantitative estimate of drug-likeness (QED) is 0.369. The fourth-order valence-electron chi connectivity index (χ4n) is 3.96. The van der Waals surface area contributed by atoms with Gasteiger partial charge in [-0.1, -0.05) is 30.3 Å². The van der Waals surface area contributed by atoms with Crippen LogP contribution in [0.25, 0.3) is 44.3 Å². The molecule has 29 heavy (non-hydrogen) atoms. The molecule has 134 valence electrons. The van der Waals surface area contributed by atoms with Gasteiger partial charge in [0.2, 0.25) is 0 Å². The van der Waals surface area contributed by atoms with Crippen molar-refractivity contribution >= 4 is 21.8 Å². The van der Waals surface area contributed by atoms with Crippen LogP contribution in [0.2, 0.25) is 0 Å². The third-order valence-electron chi connectivity index (χ3n) is 5.29. The number of ether oxygens (including phenoxy) is 1. The molecule has 0 amide bonds. The number of hydrogen-bond acceptors (Lipinski definition) is 4. The largest absolute Gasteiger partial charge is 0.457 e. The minimum atomic E-state index is 0.609. The van der Waals surface area contributed by atoms with Crippen LogP contribution < -0.4 is 4.74 Å². The van der Waals surface area contributed by atoms with Crippen molar-refractivity contribution < 1.29 is 4.74 Å². The Morgan fingerprint density at radius 2 is 1.38 bits per heavy atom. The molecule has 0 atom stereocenters. The second kappa shape index (κ2) is 5.88. The van der Waals surface area contributed by atoms with Crippen LogP contribution in [0.15, 0.2) is 78.9 Å². The number of para-hydroxylation sites is 2. The fourth-order valence-corrected chi connectivity index (χ4v) is 3.96. The van der Waals surface area contributed by atoms with Gasteiger partial charge in [-0.3, -0.25) is 0 Å². The molecule has 4 heteroatoms. The van der Waals surface area contributed by atoms with Crippen molar-refractivity contribution in [1.29, 1.82) is 5.26 Å². The minimum absolute atomic E-state index is 0.609. The SMILES string of the molecule is N#Cc1ccc(Oc2ccc3c4c(cccc24)-c2nc4ccccc4nc2-3)cc1. The van der Waals surface area contributed by atoms with Crippen molar-refractivity contribution in [1.82, 2.24) is 9.97 Å². The summed E-state index contributed by atoms with van der Waals surface area (Å²) in [5.41, 5.74) is 6.39. The van der Waals surface area contributed by atoms with Gasteiger partial charge in [-0.15, -0.1) is 0 Å². The summed E-state index contributed by atoms with van der Waals surface area (Å²) in [4.78, 5) is 9.79. The van der Waals surface area contributed by atoms with E-state index in [-0.39, 0.29) is 0 Å². The second-order valence-electron chi connectivity index (χ2n) is 6.99. The molecule has 0 fully saturated rings. The summed E-state index contributed by atoms with van der Waals surface area (Å²) in [5, 5.41) is 11.1. The van der Waals surface area contributed by atoms with Gasteiger partial charge in [-0.25, -0.2) is 9.97 Å². The highest BCUT2D eigenvalue weighted by atomic mass is 16.5. The zero-order chi connectivity index (χ0) is 19.4. The number of nitrogens with zero attached hydrogens (tertiary/aromatic N) is 3. The number of aromatic nitrogens is 2. The minimum Gasteiger partial charge on any atom is -0.457 e. The van der Waals surface area contributed by atoms with Crippen molar-refractivity contribution in [2.75, 3.05) is 0 Å². The lowest BCUT2D eigenvalue weighted by atomic mass is 10.0. The van der Waals surface area contributed by atoms with E-state index in [0.29, 0.717) is 11.3 Å². The predicted molar refractivity (Wildman–Crippen MR) is 113 cm³/mol. The number of fused-ring (bicyclic) bond motifs is 4. The average molecular weight is 371 g/mol. The van der Waals surface area contributed by atoms with E-state index in [4.69, 9.17) is 20.0 Å². The Morgan fingerprint density at radius 1 is 0.690 bits per heavy atom. The average Bonchev–Trinajstić information content (AvgIpc) is 3.09. The summed E-state index contributed by atoms with van der Waals surface area (Å²) in [6, 6.07) is 27.4. The first-order chi connectivity index (χ1) is 14.3. The number of hydrogen-bond donors (Lipinski definition) is 0. The number of rotatable bonds is 2. The van der Waals surface area contributed by atoms with Crippen molar-refractivity contribution in [2.24, 2.45) is 0 Å². The lowest BCUT2D eigenvalue weighted by molar-refractivity contribution is 0.488. The van der Waals surface area contributed by atoms with Crippen LogP contribution in [0, 0.1) is 11.3 Å². The van der Waals surface area contributed by atoms with Gasteiger partial charge in [0.05, 0.1) is 34.1 Å². The van der Waals surface area contributed by atoms with E-state index in [1.165, 1.54) is 0 Å². The predicted octanol–water partition coefficient (Wildman–Crippen LogP) is 6.09. The Labute approximate surface area is 166 Å². The molecule has 0 N–H and O–H groups in total. The molecule has 1 aliphatic rings. The molecule has 6 rings (SSSR count). The van der Waals surface area contributed by atoms with Gasteiger partial charge >= 0.3 is 0 Å². The van der Waals surface area contributed by atoms with Gasteiger partial charge in [0, 0.05) is 21.9 Å². The van der Waals surface area contributed by atoms with E-state index in [1.807, 2.05) is 48.5 Å². The first-order valence-electron chi connectivity index (χ1n) is 9.33. The van der Waals surface area contributed by atoms with Crippen molar-refractivity contribution in [3.8, 4) is 40.1 Å². The van der Waals surface area contributed by atoms with Gasteiger partial charge in [-0.05, 0) is 48.5 Å². The maximum Gasteiger partial charge on any atom is 0.135 e. The first-order valence-corrected chi connectivity index (χ1v) is 9.33. The van der Waals surface area contributed by atoms with Gasteiger partial charge in [-0.2, -0.15) is 5.26 Å². The summed E-state index contributed by atoms with van der Waals surface area (Å²) < 4.78 is 6.15. The zero-order valence-corrected chi connectivity index (χ0v) is 15.3. The van der Waals surface area contributed by atoms with E-state index in [2.05, 4.69) is 24.3 Å². The maximum atomic E-state index is 8.98. The Kier molecular flexibility index (Phi) is 3.20. The van der Waals surface area contributed by atoms with Crippen LogP contribution in [-0.2, 0) is 0 Å². The summed E-state index contributed by atoms with van der Waals surface area (Å²) in [7, 11) is 0. The molecule has 1 aromatic heterocycles. The number of benzene rings is 4. The molecular weight excluding hydrogens is 358 g/mol. The van der Waals surface area contributed by atoms with Gasteiger partial charge in [0.25, 0.3) is 0 Å². The Hall–Kier alpha value is -4.23. The molecule has 0 aliphatic heterocycles. The Morgan fingerprint density at radius 3 is 2.07 bits per heavy atom. The van der Waals surface area contributed by atoms with E-state index in [9.17, 15) is 0 Å². The molecule has 5 aromatic rings. The van der Waals surface area contributed by atoms with Crippen LogP contribution in [-0.4, -0.2) is 9.97 Å². The molecule has 0 spiro atoms. The van der Waals surface area contributed by atoms with E-state index >= 15 is 0 Å². The molecule has 0 radical (unpaired) electrons. The lowest BCUT2D eigenvalue weighted by Gasteiger charge is -2.10. The van der Waals surface area contributed by atoms with Crippen LogP contribution in [0.1, 0.15) is 5.56 Å². The molecule has 0 unspecified atom stereocenters. The highest BCUT2D eigenvalue weighted by molar-refractivity contribution is 6.15. The summed E-state index contributed by atoms with van der Waals surface area (Å²) in [6.45, 7) is 0. The Bertz CT molecular complexity index is 1430. The molecule has 0 saturated carbocycles. The summed E-state index contributed by atoms with van der Waals surface area (Å²) in [5.74, 6) is 1.47. The number of nitriles is 1. The van der Waals surface area contributed by atoms with E-state index in [0.717, 1.165) is 50.1 Å². The monoisotopic (exact) mass is 371 g/mol. The smallest absolute Gasteiger partial charge is 0.135 e. The van der Waals surface area contributed by atoms with Gasteiger partial charge in [0.15, 0.2) is 0 Å². The van der Waals surface area contributed by atoms with Crippen LogP contribution in [0.5, 0.6) is 11.5 Å². The van der Waals surface area contributed by atoms with Gasteiger partial charge in [0.1, 0.15) is 11.5 Å². The maximum absolute atomic E-state index is 8.98. The van der Waals surface area contributed by atoms with E-state index < -0.39 is 0 Å². The standard InChI is InChI=1S/C25H13N3O/c26-14-15-8-10-16(11-9-15)29-22-13-12-19-23-17(22)4-3-5-18(23)24-25(19)28-21-7-2-1-6-20(21)27-24/h1-13H. The van der Waals surface area contributed by atoms with Crippen molar-refractivity contribution in [3.05, 3.63) is 84.4 Å². The lowest BCUT2D eigenvalue weighted by Crippen LogP contribution is -1.89. The molecule has 4 aromatic carbocycles. The van der Waals surface area contributed by atoms with Crippen LogP contribution >= 0.6 is 0 Å². The first kappa shape index (κ1) is 15.8. The third-order valence-corrected chi connectivity index (χ3v) is 5.29. The fraction of sp³-hybridized carbons (Fsp3) is 0. The highest BCUT2D eigenvalue weighted by Gasteiger charge is 2.26. The molecule has 4 nitrogen and oxygen atoms in total. The topological polar surface area (TPSA) is 58.8 Å². The highest BCUT2D eigenvalue weighted by Crippen LogP contribution is 2.48. The summed E-state index contributed by atoms with van der Waals surface area (Å²) in [6.07, 6.45) is 0. The van der Waals surface area contributed by atoms with Crippen molar-refractivity contribution in [2.45, 2.75) is 0 Å². The zero-order valence-electron chi connectivity index (χ0n) is 15.3. The second-order valence-corrected chi connectivity index (χ2v) is 6.99. The Balaban J connectivity index is 1.54. The van der Waals surface area contributed by atoms with Crippen LogP contribution in [0.4, 0.5) is 0 Å². The third kappa shape index (κ3) is 2.31. The molecule has 0 saturated heterocycles. The van der Waals surface area contributed by atoms with Crippen molar-refractivity contribution in [3.63, 3.8) is 0 Å². The molecule has 0 bridgehead atoms. The van der Waals surface area contributed by atoms with E-state index in [1.54, 1.807) is 12.1 Å². The normalized spacial score (nSPS) is 11.4. The summed E-state index contributed by atoms with van der Waals surface area (Å²) >= 11 is 0.